The van der Waals surface area contributed by atoms with Gasteiger partial charge in [0, 0.05) is 30.6 Å². The summed E-state index contributed by atoms with van der Waals surface area (Å²) in [7, 11) is -2.08. The van der Waals surface area contributed by atoms with E-state index in [9.17, 15) is 22.8 Å². The van der Waals surface area contributed by atoms with Crippen molar-refractivity contribution in [2.24, 2.45) is 22.9 Å². The molecule has 2 N–H and O–H groups in total. The fraction of sp³-hybridized carbons (Fsp3) is 0.459. The van der Waals surface area contributed by atoms with Crippen molar-refractivity contribution in [2.45, 2.75) is 68.3 Å². The van der Waals surface area contributed by atoms with Crippen molar-refractivity contribution >= 4 is 33.5 Å². The van der Waals surface area contributed by atoms with Crippen LogP contribution in [-0.2, 0) is 29.2 Å². The molecule has 0 radical (unpaired) electrons. The highest BCUT2D eigenvalue weighted by atomic mass is 32.2. The van der Waals surface area contributed by atoms with Gasteiger partial charge < -0.3 is 19.8 Å². The lowest BCUT2D eigenvalue weighted by Crippen LogP contribution is -2.54. The predicted molar refractivity (Wildman–Crippen MR) is 184 cm³/mol. The second-order valence-electron chi connectivity index (χ2n) is 13.8. The van der Waals surface area contributed by atoms with Crippen LogP contribution < -0.4 is 14.8 Å². The van der Waals surface area contributed by atoms with Gasteiger partial charge in [-0.15, -0.1) is 6.58 Å². The number of nitrogens with zero attached hydrogens (tertiary/aromatic N) is 2. The number of hydrogen-bond acceptors (Lipinski definition) is 8. The van der Waals surface area contributed by atoms with Crippen molar-refractivity contribution in [3.05, 3.63) is 78.4 Å². The second-order valence-corrected chi connectivity index (χ2v) is 15.8. The molecule has 258 valence electrons. The number of nitrogens with one attached hydrogen (secondary N) is 2. The van der Waals surface area contributed by atoms with E-state index in [1.165, 1.54) is 0 Å². The summed E-state index contributed by atoms with van der Waals surface area (Å²) >= 11 is 0. The minimum Gasteiger partial charge on any atom is -0.490 e. The molecule has 5 atom stereocenters. The number of carbonyl (C=O) groups excluding carboxylic acids is 3. The van der Waals surface area contributed by atoms with E-state index < -0.39 is 56.5 Å². The fourth-order valence-electron chi connectivity index (χ4n) is 7.34. The molecule has 11 nitrogen and oxygen atoms in total. The van der Waals surface area contributed by atoms with Crippen molar-refractivity contribution in [1.29, 1.82) is 0 Å². The molecule has 5 aliphatic rings. The van der Waals surface area contributed by atoms with Gasteiger partial charge in [-0.25, -0.2) is 8.42 Å². The quantitative estimate of drug-likeness (QED) is 0.372. The monoisotopic (exact) mass is 686 g/mol. The summed E-state index contributed by atoms with van der Waals surface area (Å²) in [5.74, 6) is -2.66. The minimum absolute atomic E-state index is 0.173. The van der Waals surface area contributed by atoms with Crippen LogP contribution in [0.4, 0.5) is 0 Å². The van der Waals surface area contributed by atoms with Gasteiger partial charge in [0.05, 0.1) is 17.1 Å². The molecule has 3 fully saturated rings. The lowest BCUT2D eigenvalue weighted by Gasteiger charge is -2.26. The molecule has 3 amide bonds. The van der Waals surface area contributed by atoms with E-state index in [0.717, 1.165) is 41.5 Å². The number of carbonyl (C=O) groups is 3. The van der Waals surface area contributed by atoms with Gasteiger partial charge in [-0.2, -0.15) is 0 Å². The van der Waals surface area contributed by atoms with Gasteiger partial charge in [0.1, 0.15) is 29.7 Å². The standard InChI is InChI=1S/C37H42N4O7S/c1-3-23-22-37(23,36(44)40-49(45,46)26-14-15-26)38-34(42)31-20-25-21-32(31)35(43)41(2)17-9-5-4-6-10-18-47-24-13-16-28-27-11-7-8-12-29(27)33(39-48-25)30(28)19-24/h3,6-8,10-13,16,19,23,25-26,31-32H,1,4-5,9,14-15,17-18,20-22H2,2H3,(H,38,42)(H,40,44)/b10-6-,39-33+/t23-,25+,31+,32+,37-/m0/s1. The van der Waals surface area contributed by atoms with Gasteiger partial charge in [0.15, 0.2) is 0 Å². The SMILES string of the molecule is C=C[C@H]1C[C@@]1(NC(=O)[C@@H]1C[C@@H]2C[C@H]1C(=O)N(C)CCCC/C=C\COc1ccc3c(c1)/C(=N/O2)c1ccccc1-3)C(=O)NS(=O)(=O)C1CC1. The van der Waals surface area contributed by atoms with E-state index in [1.54, 1.807) is 18.0 Å². The Morgan fingerprint density at radius 1 is 1.04 bits per heavy atom. The van der Waals surface area contributed by atoms with Crippen molar-refractivity contribution in [3.8, 4) is 16.9 Å². The highest BCUT2D eigenvalue weighted by molar-refractivity contribution is 7.91. The molecule has 1 heterocycles. The lowest BCUT2D eigenvalue weighted by molar-refractivity contribution is -0.140. The maximum Gasteiger partial charge on any atom is 0.259 e. The van der Waals surface area contributed by atoms with Crippen LogP contribution in [0.3, 0.4) is 0 Å². The summed E-state index contributed by atoms with van der Waals surface area (Å²) in [5, 5.41) is 6.93. The molecule has 3 saturated carbocycles. The van der Waals surface area contributed by atoms with Gasteiger partial charge in [0.25, 0.3) is 5.91 Å². The van der Waals surface area contributed by atoms with E-state index in [0.29, 0.717) is 37.5 Å². The Morgan fingerprint density at radius 3 is 2.57 bits per heavy atom. The van der Waals surface area contributed by atoms with Gasteiger partial charge >= 0.3 is 0 Å². The fourth-order valence-corrected chi connectivity index (χ4v) is 8.71. The van der Waals surface area contributed by atoms with Gasteiger partial charge in [-0.3, -0.25) is 19.1 Å². The van der Waals surface area contributed by atoms with Crippen molar-refractivity contribution in [2.75, 3.05) is 20.2 Å². The number of oxime groups is 1. The van der Waals surface area contributed by atoms with Crippen LogP contribution >= 0.6 is 0 Å². The Balaban J connectivity index is 1.17. The number of ether oxygens (including phenoxy) is 1. The zero-order chi connectivity index (χ0) is 34.3. The molecular formula is C37H42N4O7S. The first kappa shape index (κ1) is 33.1. The second kappa shape index (κ2) is 13.1. The number of allylic oxidation sites excluding steroid dienone is 1. The number of amides is 3. The molecule has 0 spiro atoms. The summed E-state index contributed by atoms with van der Waals surface area (Å²) in [6, 6.07) is 13.9. The zero-order valence-electron chi connectivity index (χ0n) is 27.6. The summed E-state index contributed by atoms with van der Waals surface area (Å²) in [6.45, 7) is 4.75. The van der Waals surface area contributed by atoms with E-state index in [4.69, 9.17) is 9.57 Å². The number of sulfonamides is 1. The molecule has 4 aliphatic carbocycles. The van der Waals surface area contributed by atoms with Crippen LogP contribution in [0.1, 0.15) is 62.5 Å². The van der Waals surface area contributed by atoms with E-state index in [2.05, 4.69) is 27.8 Å². The van der Waals surface area contributed by atoms with E-state index in [-0.39, 0.29) is 25.2 Å². The van der Waals surface area contributed by atoms with Gasteiger partial charge in [0.2, 0.25) is 21.8 Å². The van der Waals surface area contributed by atoms with Crippen molar-refractivity contribution < 1.29 is 32.4 Å². The Morgan fingerprint density at radius 2 is 1.82 bits per heavy atom. The molecule has 0 saturated heterocycles. The average Bonchev–Trinajstić information content (AvgIpc) is 4.00. The molecule has 2 aromatic carbocycles. The molecular weight excluding hydrogens is 644 g/mol. The van der Waals surface area contributed by atoms with Crippen LogP contribution in [0.25, 0.3) is 11.1 Å². The average molecular weight is 687 g/mol. The number of fused-ring (bicyclic) bond motifs is 6. The van der Waals surface area contributed by atoms with Crippen LogP contribution in [0.15, 0.2) is 72.4 Å². The Kier molecular flexibility index (Phi) is 8.85. The number of hydrogen-bond donors (Lipinski definition) is 2. The highest BCUT2D eigenvalue weighted by Crippen LogP contribution is 2.47. The molecule has 2 aromatic rings. The Labute approximate surface area is 286 Å². The van der Waals surface area contributed by atoms with Gasteiger partial charge in [-0.05, 0) is 80.7 Å². The first-order chi connectivity index (χ1) is 23.6. The number of benzene rings is 2. The smallest absolute Gasteiger partial charge is 0.259 e. The van der Waals surface area contributed by atoms with Crippen LogP contribution in [0, 0.1) is 17.8 Å². The molecule has 12 heteroatoms. The molecule has 4 bridgehead atoms. The summed E-state index contributed by atoms with van der Waals surface area (Å²) in [4.78, 5) is 49.2. The van der Waals surface area contributed by atoms with E-state index >= 15 is 0 Å². The first-order valence-electron chi connectivity index (χ1n) is 17.1. The summed E-state index contributed by atoms with van der Waals surface area (Å²) in [5.41, 5.74) is 3.04. The minimum atomic E-state index is -3.82. The lowest BCUT2D eigenvalue weighted by atomic mass is 9.93. The summed E-state index contributed by atoms with van der Waals surface area (Å²) < 4.78 is 33.5. The zero-order valence-corrected chi connectivity index (χ0v) is 28.4. The predicted octanol–water partition coefficient (Wildman–Crippen LogP) is 4.08. The Hall–Kier alpha value is -4.45. The van der Waals surface area contributed by atoms with Crippen LogP contribution in [0.2, 0.25) is 0 Å². The number of rotatable bonds is 6. The molecule has 0 aromatic heterocycles. The third-order valence-corrected chi connectivity index (χ3v) is 12.3. The van der Waals surface area contributed by atoms with Crippen LogP contribution in [0.5, 0.6) is 5.75 Å². The third kappa shape index (κ3) is 6.50. The van der Waals surface area contributed by atoms with Crippen molar-refractivity contribution in [1.82, 2.24) is 14.9 Å². The molecule has 1 aliphatic heterocycles. The summed E-state index contributed by atoms with van der Waals surface area (Å²) in [6.07, 6.45) is 9.28. The topological polar surface area (TPSA) is 143 Å². The molecule has 0 unspecified atom stereocenters. The maximum atomic E-state index is 14.1. The third-order valence-electron chi connectivity index (χ3n) is 10.4. The van der Waals surface area contributed by atoms with Crippen LogP contribution in [-0.4, -0.2) is 73.8 Å². The maximum absolute atomic E-state index is 14.1. The van der Waals surface area contributed by atoms with Crippen molar-refractivity contribution in [3.63, 3.8) is 0 Å². The first-order valence-corrected chi connectivity index (χ1v) is 18.7. The molecule has 49 heavy (non-hydrogen) atoms. The van der Waals surface area contributed by atoms with Gasteiger partial charge in [-0.1, -0.05) is 47.6 Å². The normalized spacial score (nSPS) is 29.8. The Bertz CT molecular complexity index is 1850. The largest absolute Gasteiger partial charge is 0.490 e. The molecule has 7 rings (SSSR count). The van der Waals surface area contributed by atoms with E-state index in [1.807, 2.05) is 48.5 Å². The highest BCUT2D eigenvalue weighted by Gasteiger charge is 2.62.